The molecule has 1 heterocycles. The van der Waals surface area contributed by atoms with Gasteiger partial charge in [-0.05, 0) is 53.1 Å². The van der Waals surface area contributed by atoms with Crippen LogP contribution in [0, 0.1) is 11.3 Å². The third-order valence-electron chi connectivity index (χ3n) is 5.87. The van der Waals surface area contributed by atoms with Crippen molar-refractivity contribution in [2.45, 2.75) is 17.9 Å². The molecule has 1 fully saturated rings. The smallest absolute Gasteiger partial charge is 0.240 e. The predicted molar refractivity (Wildman–Crippen MR) is 127 cm³/mol. The van der Waals surface area contributed by atoms with E-state index in [-0.39, 0.29) is 23.2 Å². The van der Waals surface area contributed by atoms with E-state index in [1.807, 2.05) is 18.2 Å². The monoisotopic (exact) mass is 466 g/mol. The van der Waals surface area contributed by atoms with Gasteiger partial charge in [-0.25, -0.2) is 13.1 Å². The molecule has 1 atom stereocenters. The van der Waals surface area contributed by atoms with E-state index in [1.165, 1.54) is 0 Å². The van der Waals surface area contributed by atoms with Crippen LogP contribution in [0.3, 0.4) is 0 Å². The summed E-state index contributed by atoms with van der Waals surface area (Å²) in [7, 11) is -2.18. The van der Waals surface area contributed by atoms with Crippen LogP contribution >= 0.6 is 0 Å². The van der Waals surface area contributed by atoms with Gasteiger partial charge in [-0.2, -0.15) is 0 Å². The normalized spacial score (nSPS) is 16.3. The molecule has 0 aliphatic carbocycles. The minimum Gasteiger partial charge on any atom is -0.497 e. The van der Waals surface area contributed by atoms with Crippen molar-refractivity contribution < 1.29 is 17.9 Å². The molecule has 0 radical (unpaired) electrons. The summed E-state index contributed by atoms with van der Waals surface area (Å²) in [6, 6.07) is 17.6. The number of sulfonamides is 1. The number of nitrogens with two attached hydrogens (primary N) is 1. The number of carbonyl (C=O) groups excluding carboxylic acids is 1. The number of amides is 1. The molecule has 3 aromatic carbocycles. The molecule has 1 aliphatic heterocycles. The number of rotatable bonds is 8. The number of ether oxygens (including phenoxy) is 1. The van der Waals surface area contributed by atoms with E-state index < -0.39 is 15.9 Å². The average Bonchev–Trinajstić information content (AvgIpc) is 3.16. The van der Waals surface area contributed by atoms with Crippen molar-refractivity contribution in [3.05, 3.63) is 71.8 Å². The summed E-state index contributed by atoms with van der Waals surface area (Å²) in [5.41, 5.74) is 7.03. The maximum absolute atomic E-state index is 12.8. The summed E-state index contributed by atoms with van der Waals surface area (Å²) < 4.78 is 33.5. The van der Waals surface area contributed by atoms with Crippen molar-refractivity contribution in [2.75, 3.05) is 20.2 Å². The zero-order valence-corrected chi connectivity index (χ0v) is 19.1. The summed E-state index contributed by atoms with van der Waals surface area (Å²) in [5.74, 6) is 0.176. The zero-order chi connectivity index (χ0) is 23.6. The van der Waals surface area contributed by atoms with Gasteiger partial charge >= 0.3 is 0 Å². The number of carbonyl (C=O) groups is 1. The molecule has 4 N–H and O–H groups in total. The fourth-order valence-corrected chi connectivity index (χ4v) is 5.11. The molecule has 1 amide bonds. The van der Waals surface area contributed by atoms with Gasteiger partial charge in [0.15, 0.2) is 0 Å². The first-order valence-electron chi connectivity index (χ1n) is 10.6. The first-order chi connectivity index (χ1) is 15.8. The van der Waals surface area contributed by atoms with E-state index in [4.69, 9.17) is 15.9 Å². The molecule has 3 aromatic rings. The van der Waals surface area contributed by atoms with Crippen LogP contribution in [-0.2, 0) is 21.4 Å². The van der Waals surface area contributed by atoms with Crippen LogP contribution in [0.2, 0.25) is 0 Å². The van der Waals surface area contributed by atoms with Gasteiger partial charge in [0.2, 0.25) is 15.9 Å². The minimum atomic E-state index is -3.76. The van der Waals surface area contributed by atoms with Gasteiger partial charge in [0.25, 0.3) is 0 Å². The van der Waals surface area contributed by atoms with Gasteiger partial charge in [-0.3, -0.25) is 10.2 Å². The highest BCUT2D eigenvalue weighted by molar-refractivity contribution is 7.89. The Morgan fingerprint density at radius 1 is 1.15 bits per heavy atom. The molecule has 172 valence electrons. The molecule has 1 saturated heterocycles. The van der Waals surface area contributed by atoms with Gasteiger partial charge < -0.3 is 15.4 Å². The first kappa shape index (κ1) is 22.8. The number of benzene rings is 3. The zero-order valence-electron chi connectivity index (χ0n) is 18.2. The summed E-state index contributed by atoms with van der Waals surface area (Å²) in [4.78, 5) is 14.7. The van der Waals surface area contributed by atoms with Crippen molar-refractivity contribution >= 4 is 32.5 Å². The van der Waals surface area contributed by atoms with E-state index in [1.54, 1.807) is 54.5 Å². The Kier molecular flexibility index (Phi) is 6.35. The molecule has 4 rings (SSSR count). The van der Waals surface area contributed by atoms with E-state index in [0.717, 1.165) is 16.3 Å². The summed E-state index contributed by atoms with van der Waals surface area (Å²) in [6.07, 6.45) is 0.575. The molecule has 0 bridgehead atoms. The Hall–Kier alpha value is -3.43. The standard InChI is InChI=1S/C24H26N4O4S/c1-32-21-7-5-18-13-22(8-6-17(18)12-21)33(30,31)27-14-20-9-10-28(24(20)29)15-16-3-2-4-19(11-16)23(25)26/h2-8,11-13,20,27H,9-10,14-15H2,1H3,(H3,25,26)/t20-/m0/s1. The Morgan fingerprint density at radius 3 is 2.67 bits per heavy atom. The maximum atomic E-state index is 12.8. The van der Waals surface area contributed by atoms with E-state index in [0.29, 0.717) is 30.8 Å². The lowest BCUT2D eigenvalue weighted by Crippen LogP contribution is -2.34. The van der Waals surface area contributed by atoms with E-state index in [9.17, 15) is 13.2 Å². The second-order valence-electron chi connectivity index (χ2n) is 8.09. The fourth-order valence-electron chi connectivity index (χ4n) is 4.00. The average molecular weight is 467 g/mol. The van der Waals surface area contributed by atoms with Crippen molar-refractivity contribution in [1.82, 2.24) is 9.62 Å². The SMILES string of the molecule is COc1ccc2cc(S(=O)(=O)NC[C@@H]3CCN(Cc4cccc(C(=N)N)c4)C3=O)ccc2c1. The molecule has 0 spiro atoms. The number of hydrogen-bond acceptors (Lipinski definition) is 5. The van der Waals surface area contributed by atoms with Crippen molar-refractivity contribution in [2.24, 2.45) is 11.7 Å². The molecular weight excluding hydrogens is 440 g/mol. The van der Waals surface area contributed by atoms with Crippen LogP contribution in [0.15, 0.2) is 65.6 Å². The molecular formula is C24H26N4O4S. The highest BCUT2D eigenvalue weighted by Gasteiger charge is 2.32. The van der Waals surface area contributed by atoms with E-state index >= 15 is 0 Å². The van der Waals surface area contributed by atoms with Crippen molar-refractivity contribution in [1.29, 1.82) is 5.41 Å². The van der Waals surface area contributed by atoms with Crippen LogP contribution in [0.4, 0.5) is 0 Å². The minimum absolute atomic E-state index is 0.0234. The fraction of sp³-hybridized carbons (Fsp3) is 0.250. The quantitative estimate of drug-likeness (QED) is 0.347. The Morgan fingerprint density at radius 2 is 1.91 bits per heavy atom. The van der Waals surface area contributed by atoms with Crippen LogP contribution in [0.25, 0.3) is 10.8 Å². The molecule has 8 nitrogen and oxygen atoms in total. The second kappa shape index (κ2) is 9.21. The molecule has 33 heavy (non-hydrogen) atoms. The number of methoxy groups -OCH3 is 1. The third kappa shape index (κ3) is 4.99. The topological polar surface area (TPSA) is 126 Å². The van der Waals surface area contributed by atoms with Gasteiger partial charge in [0.1, 0.15) is 11.6 Å². The largest absolute Gasteiger partial charge is 0.497 e. The first-order valence-corrected chi connectivity index (χ1v) is 12.0. The lowest BCUT2D eigenvalue weighted by Gasteiger charge is -2.17. The molecule has 1 aliphatic rings. The van der Waals surface area contributed by atoms with Crippen molar-refractivity contribution in [3.63, 3.8) is 0 Å². The van der Waals surface area contributed by atoms with Gasteiger partial charge in [-0.1, -0.05) is 30.3 Å². The van der Waals surface area contributed by atoms with Gasteiger partial charge in [0, 0.05) is 25.2 Å². The Labute approximate surface area is 192 Å². The number of nitrogens with one attached hydrogen (secondary N) is 2. The molecule has 9 heteroatoms. The number of hydrogen-bond donors (Lipinski definition) is 3. The summed E-state index contributed by atoms with van der Waals surface area (Å²) in [5, 5.41) is 9.23. The highest BCUT2D eigenvalue weighted by atomic mass is 32.2. The van der Waals surface area contributed by atoms with Gasteiger partial charge in [0.05, 0.1) is 17.9 Å². The number of amidine groups is 1. The Balaban J connectivity index is 1.40. The number of fused-ring (bicyclic) bond motifs is 1. The summed E-state index contributed by atoms with van der Waals surface area (Å²) >= 11 is 0. The molecule has 0 unspecified atom stereocenters. The predicted octanol–water partition coefficient (Wildman–Crippen LogP) is 2.46. The van der Waals surface area contributed by atoms with Crippen LogP contribution in [0.1, 0.15) is 17.5 Å². The maximum Gasteiger partial charge on any atom is 0.240 e. The number of likely N-dealkylation sites (tertiary alicyclic amines) is 1. The second-order valence-corrected chi connectivity index (χ2v) is 9.85. The number of nitrogen functional groups attached to an aromatic ring is 1. The Bertz CT molecular complexity index is 1320. The van der Waals surface area contributed by atoms with Crippen LogP contribution in [-0.4, -0.2) is 45.3 Å². The molecule has 0 aromatic heterocycles. The van der Waals surface area contributed by atoms with Gasteiger partial charge in [-0.15, -0.1) is 0 Å². The molecule has 0 saturated carbocycles. The lowest BCUT2D eigenvalue weighted by atomic mass is 10.1. The van der Waals surface area contributed by atoms with Crippen LogP contribution < -0.4 is 15.2 Å². The number of nitrogens with zero attached hydrogens (tertiary/aromatic N) is 1. The van der Waals surface area contributed by atoms with Crippen LogP contribution in [0.5, 0.6) is 5.75 Å². The highest BCUT2D eigenvalue weighted by Crippen LogP contribution is 2.25. The summed E-state index contributed by atoms with van der Waals surface area (Å²) in [6.45, 7) is 0.997. The van der Waals surface area contributed by atoms with Crippen molar-refractivity contribution in [3.8, 4) is 5.75 Å². The third-order valence-corrected chi connectivity index (χ3v) is 7.29. The lowest BCUT2D eigenvalue weighted by molar-refractivity contribution is -0.131. The van der Waals surface area contributed by atoms with E-state index in [2.05, 4.69) is 4.72 Å².